The van der Waals surface area contributed by atoms with Crippen LogP contribution in [0.5, 0.6) is 0 Å². The lowest BCUT2D eigenvalue weighted by atomic mass is 9.97. The summed E-state index contributed by atoms with van der Waals surface area (Å²) in [6.45, 7) is 3.61. The van der Waals surface area contributed by atoms with Crippen molar-refractivity contribution in [2.45, 2.75) is 63.5 Å². The smallest absolute Gasteiger partial charge is 0.382 e. The summed E-state index contributed by atoms with van der Waals surface area (Å²) in [4.78, 5) is 62.6. The van der Waals surface area contributed by atoms with Crippen molar-refractivity contribution in [1.29, 1.82) is 0 Å². The number of hydrogen-bond acceptors (Lipinski definition) is 13. The monoisotopic (exact) mass is 747 g/mol. The quantitative estimate of drug-likeness (QED) is 0.0313. The van der Waals surface area contributed by atoms with Crippen LogP contribution in [0.3, 0.4) is 0 Å². The highest BCUT2D eigenvalue weighted by Crippen LogP contribution is 2.36. The fraction of sp³-hybridized carbons (Fsp3) is 0.889. The number of unbranched alkanes of at least 4 members (excludes halogenated alkanes) is 3. The number of ether oxygens (including phenoxy) is 4. The second-order valence-corrected chi connectivity index (χ2v) is 13.8. The van der Waals surface area contributed by atoms with Gasteiger partial charge in [-0.3, -0.25) is 18.9 Å². The average molecular weight is 748 g/mol. The van der Waals surface area contributed by atoms with Gasteiger partial charge in [-0.1, -0.05) is 12.8 Å². The zero-order valence-electron chi connectivity index (χ0n) is 27.4. The number of hydrogen-bond donors (Lipinski definition) is 6. The normalized spacial score (nSPS) is 16.9. The molecular weight excluding hydrogens is 695 g/mol. The third-order valence-electron chi connectivity index (χ3n) is 6.29. The fourth-order valence-corrected chi connectivity index (χ4v) is 5.61. The first-order valence-electron chi connectivity index (χ1n) is 16.0. The first-order valence-corrected chi connectivity index (χ1v) is 19.8. The molecule has 1 aliphatic rings. The highest BCUT2D eigenvalue weighted by Gasteiger charge is 2.23. The molecule has 2 radical (unpaired) electrons. The van der Waals surface area contributed by atoms with Gasteiger partial charge in [-0.2, -0.15) is 11.8 Å². The summed E-state index contributed by atoms with van der Waals surface area (Å²) >= 11 is 1.33. The van der Waals surface area contributed by atoms with Crippen molar-refractivity contribution in [3.63, 3.8) is 0 Å². The Balaban J connectivity index is 1.79. The molecule has 3 atom stereocenters. The van der Waals surface area contributed by atoms with E-state index in [0.717, 1.165) is 32.1 Å². The maximum absolute atomic E-state index is 11.9. The molecule has 0 aliphatic carbocycles. The molecule has 21 heteroatoms. The molecule has 17 nitrogen and oxygen atoms in total. The molecule has 0 aromatic rings. The van der Waals surface area contributed by atoms with E-state index in [0.29, 0.717) is 58.3 Å². The molecule has 48 heavy (non-hydrogen) atoms. The Morgan fingerprint density at radius 3 is 2.08 bits per heavy atom. The zero-order valence-corrected chi connectivity index (χ0v) is 30.0. The predicted octanol–water partition coefficient (Wildman–Crippen LogP) is 0.494. The second kappa shape index (κ2) is 29.8. The summed E-state index contributed by atoms with van der Waals surface area (Å²) in [5.41, 5.74) is 0. The van der Waals surface area contributed by atoms with E-state index in [1.807, 2.05) is 0 Å². The molecule has 3 unspecified atom stereocenters. The van der Waals surface area contributed by atoms with Crippen LogP contribution in [0.4, 0.5) is 0 Å². The van der Waals surface area contributed by atoms with Gasteiger partial charge in [0.25, 0.3) is 0 Å². The van der Waals surface area contributed by atoms with Crippen LogP contribution in [0.1, 0.15) is 51.4 Å². The zero-order chi connectivity index (χ0) is 35.3. The van der Waals surface area contributed by atoms with Crippen molar-refractivity contribution in [3.05, 3.63) is 0 Å². The topological polar surface area (TPSA) is 230 Å². The van der Waals surface area contributed by atoms with Gasteiger partial charge in [0.05, 0.1) is 71.3 Å². The van der Waals surface area contributed by atoms with Crippen LogP contribution in [-0.4, -0.2) is 143 Å². The lowest BCUT2D eigenvalue weighted by Gasteiger charge is -2.15. The van der Waals surface area contributed by atoms with Crippen molar-refractivity contribution in [3.8, 4) is 0 Å². The van der Waals surface area contributed by atoms with Gasteiger partial charge >= 0.3 is 16.4 Å². The van der Waals surface area contributed by atoms with Crippen molar-refractivity contribution >= 4 is 53.8 Å². The van der Waals surface area contributed by atoms with E-state index in [1.54, 1.807) is 0 Å². The van der Waals surface area contributed by atoms with Gasteiger partial charge in [0.15, 0.2) is 0 Å². The summed E-state index contributed by atoms with van der Waals surface area (Å²) in [5, 5.41) is 8.19. The molecule has 0 spiro atoms. The molecule has 0 bridgehead atoms. The Hall–Kier alpha value is -0.915. The molecule has 3 amide bonds. The van der Waals surface area contributed by atoms with Crippen molar-refractivity contribution in [1.82, 2.24) is 16.0 Å². The molecule has 1 fully saturated rings. The Morgan fingerprint density at radius 1 is 0.771 bits per heavy atom. The van der Waals surface area contributed by atoms with Gasteiger partial charge in [0.1, 0.15) is 7.85 Å². The van der Waals surface area contributed by atoms with E-state index in [9.17, 15) is 23.8 Å². The molecule has 278 valence electrons. The summed E-state index contributed by atoms with van der Waals surface area (Å²) < 4.78 is 46.9. The Morgan fingerprint density at radius 2 is 1.40 bits per heavy atom. The maximum Gasteiger partial charge on any atom is 0.469 e. The standard InChI is InChI=1S/C27H52BN3O14P2S/c28-24-6-5-23(45-24)21-43-46(35)42-19-18-41-17-16-40-15-14-39-13-11-31-26(33)8-20-48-22-27(34)30-10-7-25(32)29-9-3-1-2-4-12-44-47(36,37)38/h23-24,35H,1-22H2,(H,29,32)(H,30,34)(H,31,33)(H2,36,37,38). The van der Waals surface area contributed by atoms with E-state index < -0.39 is 16.4 Å². The molecule has 1 aliphatic heterocycles. The molecule has 1 saturated heterocycles. The highest BCUT2D eigenvalue weighted by atomic mass is 32.2. The van der Waals surface area contributed by atoms with Crippen LogP contribution in [0.25, 0.3) is 0 Å². The van der Waals surface area contributed by atoms with E-state index >= 15 is 0 Å². The molecule has 0 saturated carbocycles. The molecule has 0 aromatic heterocycles. The van der Waals surface area contributed by atoms with Crippen LogP contribution in [0.2, 0.25) is 0 Å². The minimum Gasteiger partial charge on any atom is -0.382 e. The number of nitrogens with one attached hydrogen (secondary N) is 3. The number of carbonyl (C=O) groups is 3. The van der Waals surface area contributed by atoms with Crippen molar-refractivity contribution in [2.75, 3.05) is 90.6 Å². The largest absolute Gasteiger partial charge is 0.469 e. The molecule has 1 heterocycles. The van der Waals surface area contributed by atoms with Crippen LogP contribution in [0.15, 0.2) is 0 Å². The van der Waals surface area contributed by atoms with Crippen molar-refractivity contribution in [2.24, 2.45) is 0 Å². The second-order valence-electron chi connectivity index (χ2n) is 10.4. The summed E-state index contributed by atoms with van der Waals surface area (Å²) in [6.07, 6.45) is 4.66. The molecule has 1 rings (SSSR count). The number of carbonyl (C=O) groups excluding carboxylic acids is 3. The lowest BCUT2D eigenvalue weighted by molar-refractivity contribution is -0.122. The van der Waals surface area contributed by atoms with Crippen molar-refractivity contribution < 1.29 is 66.1 Å². The third-order valence-corrected chi connectivity index (χ3v) is 8.54. The highest BCUT2D eigenvalue weighted by molar-refractivity contribution is 7.99. The van der Waals surface area contributed by atoms with Gasteiger partial charge < -0.3 is 58.6 Å². The lowest BCUT2D eigenvalue weighted by Crippen LogP contribution is -2.32. The number of phosphoric ester groups is 1. The van der Waals surface area contributed by atoms with E-state index in [-0.39, 0.29) is 81.4 Å². The van der Waals surface area contributed by atoms with Gasteiger partial charge in [-0.25, -0.2) is 4.57 Å². The van der Waals surface area contributed by atoms with Crippen LogP contribution in [0, 0.1) is 0 Å². The minimum absolute atomic E-state index is 0.00637. The van der Waals surface area contributed by atoms with Gasteiger partial charge in [-0.15, -0.1) is 0 Å². The fourth-order valence-electron chi connectivity index (χ4n) is 3.88. The number of amides is 3. The first-order chi connectivity index (χ1) is 23.0. The Bertz CT molecular complexity index is 914. The summed E-state index contributed by atoms with van der Waals surface area (Å²) in [5.74, 6) is 0.151. The molecular formula is C27H52BN3O14P2S. The number of phosphoric acid groups is 1. The number of thioether (sulfide) groups is 1. The van der Waals surface area contributed by atoms with Gasteiger partial charge in [0, 0.05) is 44.2 Å². The van der Waals surface area contributed by atoms with E-state index in [2.05, 4.69) is 20.5 Å². The molecule has 0 aromatic carbocycles. The van der Waals surface area contributed by atoms with Gasteiger partial charge in [0.2, 0.25) is 17.7 Å². The van der Waals surface area contributed by atoms with E-state index in [1.165, 1.54) is 11.8 Å². The Labute approximate surface area is 289 Å². The van der Waals surface area contributed by atoms with E-state index in [4.69, 9.17) is 45.6 Å². The molecule has 6 N–H and O–H groups in total. The third kappa shape index (κ3) is 30.0. The first kappa shape index (κ1) is 45.1. The predicted molar refractivity (Wildman–Crippen MR) is 179 cm³/mol. The summed E-state index contributed by atoms with van der Waals surface area (Å²) in [7, 11) is -0.748. The van der Waals surface area contributed by atoms with Gasteiger partial charge in [-0.05, 0) is 25.7 Å². The van der Waals surface area contributed by atoms with Crippen LogP contribution >= 0.6 is 28.2 Å². The minimum atomic E-state index is -4.41. The maximum atomic E-state index is 11.9. The summed E-state index contributed by atoms with van der Waals surface area (Å²) in [6, 6.07) is -0.267. The van der Waals surface area contributed by atoms with Crippen LogP contribution < -0.4 is 16.0 Å². The SMILES string of the molecule is [B]C1CCC(COP(O)OCCOCCOCCOCCNC(=O)CCSCC(=O)NCCC(=O)NCCCCCCOP(=O)(O)O)O1. The average Bonchev–Trinajstić information content (AvgIpc) is 3.46. The van der Waals surface area contributed by atoms with Crippen LogP contribution in [-0.2, 0) is 51.5 Å². The Kier molecular flexibility index (Phi) is 28.0. The number of rotatable bonds is 32.